The highest BCUT2D eigenvalue weighted by atomic mass is 16.5. The highest BCUT2D eigenvalue weighted by Crippen LogP contribution is 2.29. The molecule has 0 unspecified atom stereocenters. The molecule has 0 fully saturated rings. The van der Waals surface area contributed by atoms with Gasteiger partial charge in [-0.15, -0.1) is 0 Å². The second-order valence-electron chi connectivity index (χ2n) is 6.97. The standard InChI is InChI=1S/C23H20N2O3/c1-13-5-7-21(27-16(4)26)18(9-13)24-17-12-23-20(11-15(17)3)25-19-10-14(2)6-8-22(19)28-23/h5-12H,1-4H3. The zero-order chi connectivity index (χ0) is 19.8. The smallest absolute Gasteiger partial charge is 0.308 e. The van der Waals surface area contributed by atoms with Gasteiger partial charge in [0.1, 0.15) is 16.9 Å². The van der Waals surface area contributed by atoms with Crippen LogP contribution < -0.4 is 10.1 Å². The van der Waals surface area contributed by atoms with Gasteiger partial charge in [-0.1, -0.05) is 12.1 Å². The van der Waals surface area contributed by atoms with E-state index in [0.29, 0.717) is 17.2 Å². The van der Waals surface area contributed by atoms with Crippen LogP contribution in [0.1, 0.15) is 23.6 Å². The molecule has 1 heterocycles. The fourth-order valence-corrected chi connectivity index (χ4v) is 3.09. The molecule has 5 nitrogen and oxygen atoms in total. The van der Waals surface area contributed by atoms with E-state index in [1.807, 2.05) is 63.2 Å². The van der Waals surface area contributed by atoms with Gasteiger partial charge in [0.15, 0.2) is 17.1 Å². The topological polar surface area (TPSA) is 64.7 Å². The predicted molar refractivity (Wildman–Crippen MR) is 108 cm³/mol. The number of aromatic nitrogens is 1. The Morgan fingerprint density at radius 3 is 2.54 bits per heavy atom. The Morgan fingerprint density at radius 1 is 1.00 bits per heavy atom. The zero-order valence-electron chi connectivity index (χ0n) is 16.2. The third-order valence-electron chi connectivity index (χ3n) is 4.46. The van der Waals surface area contributed by atoms with Gasteiger partial charge in [0.05, 0.1) is 5.36 Å². The van der Waals surface area contributed by atoms with Crippen molar-refractivity contribution in [3.8, 4) is 17.2 Å². The van der Waals surface area contributed by atoms with E-state index in [-0.39, 0.29) is 5.97 Å². The second kappa shape index (κ2) is 6.93. The lowest BCUT2D eigenvalue weighted by Gasteiger charge is -2.09. The lowest BCUT2D eigenvalue weighted by molar-refractivity contribution is -0.131. The summed E-state index contributed by atoms with van der Waals surface area (Å²) in [5.41, 5.74) is 6.05. The third-order valence-corrected chi connectivity index (χ3v) is 4.46. The fourth-order valence-electron chi connectivity index (χ4n) is 3.09. The Labute approximate surface area is 162 Å². The number of fused-ring (bicyclic) bond motifs is 2. The Kier molecular flexibility index (Phi) is 4.43. The number of hydrogen-bond acceptors (Lipinski definition) is 5. The van der Waals surface area contributed by atoms with Gasteiger partial charge in [-0.05, 0) is 67.8 Å². The van der Waals surface area contributed by atoms with Crippen LogP contribution in [0.2, 0.25) is 0 Å². The van der Waals surface area contributed by atoms with E-state index in [1.165, 1.54) is 6.92 Å². The lowest BCUT2D eigenvalue weighted by Crippen LogP contribution is -2.08. The Balaban J connectivity index is 1.92. The highest BCUT2D eigenvalue weighted by molar-refractivity contribution is 5.77. The molecule has 0 bridgehead atoms. The summed E-state index contributed by atoms with van der Waals surface area (Å²) in [6, 6.07) is 15.3. The summed E-state index contributed by atoms with van der Waals surface area (Å²) in [6.45, 7) is 7.35. The van der Waals surface area contributed by atoms with Crippen molar-refractivity contribution in [2.45, 2.75) is 27.7 Å². The molecule has 0 amide bonds. The molecule has 0 saturated heterocycles. The molecule has 140 valence electrons. The van der Waals surface area contributed by atoms with Gasteiger partial charge in [0.25, 0.3) is 0 Å². The van der Waals surface area contributed by atoms with Crippen LogP contribution in [0.3, 0.4) is 0 Å². The van der Waals surface area contributed by atoms with Crippen LogP contribution in [-0.4, -0.2) is 11.0 Å². The molecule has 0 radical (unpaired) electrons. The van der Waals surface area contributed by atoms with Crippen molar-refractivity contribution in [2.24, 2.45) is 4.99 Å². The fraction of sp³-hybridized carbons (Fsp3) is 0.174. The maximum Gasteiger partial charge on any atom is 0.308 e. The minimum absolute atomic E-state index is 0.378. The zero-order valence-corrected chi connectivity index (χ0v) is 16.2. The van der Waals surface area contributed by atoms with Crippen LogP contribution in [-0.2, 0) is 4.79 Å². The van der Waals surface area contributed by atoms with E-state index in [0.717, 1.165) is 38.8 Å². The number of aryl methyl sites for hydroxylation is 3. The summed E-state index contributed by atoms with van der Waals surface area (Å²) in [4.78, 5) is 20.9. The van der Waals surface area contributed by atoms with Crippen molar-refractivity contribution in [2.75, 3.05) is 0 Å². The highest BCUT2D eigenvalue weighted by Gasteiger charge is 2.12. The summed E-state index contributed by atoms with van der Waals surface area (Å²) in [7, 11) is 0. The number of carbonyl (C=O) groups excluding carboxylic acids is 1. The number of carbonyl (C=O) groups is 1. The minimum atomic E-state index is -0.378. The summed E-state index contributed by atoms with van der Waals surface area (Å²) in [6.07, 6.45) is 0. The average molecular weight is 372 g/mol. The normalized spacial score (nSPS) is 11.9. The first kappa shape index (κ1) is 17.9. The molecule has 2 aliphatic rings. The van der Waals surface area contributed by atoms with E-state index >= 15 is 0 Å². The van der Waals surface area contributed by atoms with Crippen LogP contribution in [0, 0.1) is 20.8 Å². The van der Waals surface area contributed by atoms with Gasteiger partial charge in [0.2, 0.25) is 0 Å². The quantitative estimate of drug-likeness (QED) is 0.282. The van der Waals surface area contributed by atoms with Gasteiger partial charge in [0, 0.05) is 13.0 Å². The molecule has 0 atom stereocenters. The molecule has 0 aromatic heterocycles. The minimum Gasteiger partial charge on any atom is -0.453 e. The van der Waals surface area contributed by atoms with E-state index in [9.17, 15) is 4.79 Å². The maximum absolute atomic E-state index is 11.4. The first-order valence-electron chi connectivity index (χ1n) is 9.05. The molecule has 0 N–H and O–H groups in total. The molecule has 5 heteroatoms. The van der Waals surface area contributed by atoms with Crippen molar-refractivity contribution < 1.29 is 13.9 Å². The number of ether oxygens (including phenoxy) is 1. The Morgan fingerprint density at radius 2 is 1.75 bits per heavy atom. The van der Waals surface area contributed by atoms with Crippen molar-refractivity contribution in [3.63, 3.8) is 0 Å². The molecule has 2 aromatic rings. The Bertz CT molecular complexity index is 1250. The lowest BCUT2D eigenvalue weighted by atomic mass is 10.1. The Hall–Kier alpha value is -3.47. The van der Waals surface area contributed by atoms with Crippen LogP contribution in [0.5, 0.6) is 5.75 Å². The molecule has 28 heavy (non-hydrogen) atoms. The van der Waals surface area contributed by atoms with E-state index in [2.05, 4.69) is 0 Å². The number of benzene rings is 3. The van der Waals surface area contributed by atoms with Crippen LogP contribution in [0.4, 0.5) is 5.69 Å². The van der Waals surface area contributed by atoms with Crippen LogP contribution in [0.15, 0.2) is 57.9 Å². The van der Waals surface area contributed by atoms with E-state index in [1.54, 1.807) is 6.07 Å². The second-order valence-corrected chi connectivity index (χ2v) is 6.97. The van der Waals surface area contributed by atoms with Crippen LogP contribution in [0.25, 0.3) is 22.6 Å². The van der Waals surface area contributed by atoms with E-state index in [4.69, 9.17) is 19.1 Å². The summed E-state index contributed by atoms with van der Waals surface area (Å²) < 4.78 is 11.3. The molecular formula is C23H20N2O3. The van der Waals surface area contributed by atoms with Gasteiger partial charge >= 0.3 is 5.97 Å². The first-order chi connectivity index (χ1) is 13.4. The third kappa shape index (κ3) is 3.51. The first-order valence-corrected chi connectivity index (χ1v) is 9.05. The van der Waals surface area contributed by atoms with Crippen LogP contribution >= 0.6 is 0 Å². The van der Waals surface area contributed by atoms with E-state index < -0.39 is 0 Å². The summed E-state index contributed by atoms with van der Waals surface area (Å²) in [5, 5.41) is 0.739. The van der Waals surface area contributed by atoms with Crippen molar-refractivity contribution in [1.29, 1.82) is 0 Å². The van der Waals surface area contributed by atoms with Gasteiger partial charge in [-0.2, -0.15) is 0 Å². The van der Waals surface area contributed by atoms with Crippen molar-refractivity contribution in [1.82, 2.24) is 4.98 Å². The monoisotopic (exact) mass is 372 g/mol. The predicted octanol–water partition coefficient (Wildman–Crippen LogP) is 5.02. The molecule has 4 rings (SSSR count). The number of nitrogens with zero attached hydrogens (tertiary/aromatic N) is 2. The average Bonchev–Trinajstić information content (AvgIpc) is 2.63. The molecule has 2 aromatic carbocycles. The molecular weight excluding hydrogens is 352 g/mol. The molecule has 0 spiro atoms. The molecule has 1 aliphatic carbocycles. The maximum atomic E-state index is 11.4. The number of hydrogen-bond donors (Lipinski definition) is 0. The van der Waals surface area contributed by atoms with Crippen molar-refractivity contribution >= 4 is 22.8 Å². The summed E-state index contributed by atoms with van der Waals surface area (Å²) >= 11 is 0. The van der Waals surface area contributed by atoms with Gasteiger partial charge < -0.3 is 9.15 Å². The summed E-state index contributed by atoms with van der Waals surface area (Å²) in [5.74, 6) is 0.709. The number of esters is 1. The van der Waals surface area contributed by atoms with Crippen molar-refractivity contribution in [3.05, 3.63) is 70.6 Å². The molecule has 0 saturated carbocycles. The SMILES string of the molecule is CC(=O)Oc1ccc(C)cc1N=c1cc2oc3ccc(C)cc3nc-2cc1C. The molecule has 1 aliphatic heterocycles. The number of rotatable bonds is 2. The largest absolute Gasteiger partial charge is 0.453 e. The van der Waals surface area contributed by atoms with Gasteiger partial charge in [-0.25, -0.2) is 9.98 Å². The van der Waals surface area contributed by atoms with Gasteiger partial charge in [-0.3, -0.25) is 4.79 Å².